The van der Waals surface area contributed by atoms with E-state index in [9.17, 15) is 17.4 Å². The number of aliphatic hydroxyl groups is 2. The molecule has 0 aromatic rings. The van der Waals surface area contributed by atoms with E-state index < -0.39 is 34.8 Å². The summed E-state index contributed by atoms with van der Waals surface area (Å²) in [7, 11) is -4.71. The van der Waals surface area contributed by atoms with Crippen LogP contribution in [-0.4, -0.2) is 47.8 Å². The van der Waals surface area contributed by atoms with Crippen LogP contribution in [-0.2, 0) is 10.1 Å². The van der Waals surface area contributed by atoms with E-state index in [4.69, 9.17) is 10.2 Å². The molecule has 0 rings (SSSR count). The van der Waals surface area contributed by atoms with Crippen molar-refractivity contribution in [2.45, 2.75) is 5.60 Å². The summed E-state index contributed by atoms with van der Waals surface area (Å²) in [6.45, 7) is -2.56. The molecule has 0 aromatic heterocycles. The van der Waals surface area contributed by atoms with Crippen LogP contribution < -0.4 is 29.6 Å². The molecular formula is C4H8FNaO5S. The molecule has 5 nitrogen and oxygen atoms in total. The van der Waals surface area contributed by atoms with E-state index in [2.05, 4.69) is 0 Å². The molecule has 0 amide bonds. The average molecular weight is 210 g/mol. The van der Waals surface area contributed by atoms with Crippen LogP contribution in [0.4, 0.5) is 4.39 Å². The van der Waals surface area contributed by atoms with Crippen LogP contribution >= 0.6 is 0 Å². The van der Waals surface area contributed by atoms with Gasteiger partial charge >= 0.3 is 29.6 Å². The zero-order valence-electron chi connectivity index (χ0n) is 6.53. The molecule has 2 N–H and O–H groups in total. The minimum atomic E-state index is -4.71. The third kappa shape index (κ3) is 6.30. The molecular weight excluding hydrogens is 202 g/mol. The maximum Gasteiger partial charge on any atom is 1.00 e. The Morgan fingerprint density at radius 1 is 1.50 bits per heavy atom. The van der Waals surface area contributed by atoms with E-state index in [0.29, 0.717) is 0 Å². The predicted octanol–water partition coefficient (Wildman–Crippen LogP) is -4.77. The quantitative estimate of drug-likeness (QED) is 0.358. The van der Waals surface area contributed by atoms with Gasteiger partial charge in [-0.2, -0.15) is 0 Å². The van der Waals surface area contributed by atoms with Crippen molar-refractivity contribution in [2.24, 2.45) is 0 Å². The van der Waals surface area contributed by atoms with Gasteiger partial charge in [-0.25, -0.2) is 12.8 Å². The minimum absolute atomic E-state index is 0. The number of hydrogen-bond acceptors (Lipinski definition) is 5. The molecule has 68 valence electrons. The van der Waals surface area contributed by atoms with Gasteiger partial charge in [-0.3, -0.25) is 0 Å². The second kappa shape index (κ2) is 5.48. The van der Waals surface area contributed by atoms with Crippen molar-refractivity contribution < 1.29 is 57.1 Å². The molecule has 0 aromatic carbocycles. The van der Waals surface area contributed by atoms with Crippen molar-refractivity contribution in [3.63, 3.8) is 0 Å². The van der Waals surface area contributed by atoms with Gasteiger partial charge in [0.15, 0.2) is 0 Å². The smallest absolute Gasteiger partial charge is 0.748 e. The molecule has 0 radical (unpaired) electrons. The summed E-state index contributed by atoms with van der Waals surface area (Å²) < 4.78 is 41.7. The molecule has 0 bridgehead atoms. The summed E-state index contributed by atoms with van der Waals surface area (Å²) in [6, 6.07) is 0. The van der Waals surface area contributed by atoms with Crippen molar-refractivity contribution in [3.05, 3.63) is 0 Å². The van der Waals surface area contributed by atoms with Gasteiger partial charge < -0.3 is 14.8 Å². The maximum atomic E-state index is 11.8. The van der Waals surface area contributed by atoms with Crippen LogP contribution in [0, 0.1) is 0 Å². The van der Waals surface area contributed by atoms with Crippen molar-refractivity contribution in [1.29, 1.82) is 0 Å². The number of hydrogen-bond donors (Lipinski definition) is 2. The van der Waals surface area contributed by atoms with Gasteiger partial charge in [0.2, 0.25) is 0 Å². The Morgan fingerprint density at radius 3 is 2.00 bits per heavy atom. The molecule has 0 aliphatic carbocycles. The van der Waals surface area contributed by atoms with E-state index in [1.54, 1.807) is 0 Å². The van der Waals surface area contributed by atoms with Crippen LogP contribution in [0.15, 0.2) is 0 Å². The Balaban J connectivity index is 0. The largest absolute Gasteiger partial charge is 1.00 e. The number of aliphatic hydroxyl groups excluding tert-OH is 1. The van der Waals surface area contributed by atoms with Gasteiger partial charge in [0, 0.05) is 0 Å². The topological polar surface area (TPSA) is 97.7 Å². The first-order chi connectivity index (χ1) is 4.83. The third-order valence-electron chi connectivity index (χ3n) is 0.989. The Kier molecular flexibility index (Phi) is 6.96. The molecule has 0 heterocycles. The zero-order valence-corrected chi connectivity index (χ0v) is 9.34. The van der Waals surface area contributed by atoms with E-state index in [1.807, 2.05) is 0 Å². The van der Waals surface area contributed by atoms with Gasteiger partial charge in [0.25, 0.3) is 0 Å². The number of alkyl halides is 1. The van der Waals surface area contributed by atoms with Gasteiger partial charge in [-0.1, -0.05) is 0 Å². The van der Waals surface area contributed by atoms with Crippen LogP contribution in [0.3, 0.4) is 0 Å². The van der Waals surface area contributed by atoms with Crippen molar-refractivity contribution >= 4 is 10.1 Å². The Labute approximate surface area is 91.6 Å². The monoisotopic (exact) mass is 210 g/mol. The van der Waals surface area contributed by atoms with Gasteiger partial charge in [-0.15, -0.1) is 0 Å². The maximum absolute atomic E-state index is 11.8. The van der Waals surface area contributed by atoms with E-state index in [1.165, 1.54) is 0 Å². The standard InChI is InChI=1S/C4H9FO5S.Na/c5-1-4(7,2-6)3-11(8,9)10;/h6-7H,1-3H2,(H,8,9,10);/q;+1/p-1. The van der Waals surface area contributed by atoms with Crippen LogP contribution in [0.1, 0.15) is 0 Å². The van der Waals surface area contributed by atoms with Crippen LogP contribution in [0.2, 0.25) is 0 Å². The molecule has 0 spiro atoms. The first-order valence-corrected chi connectivity index (χ1v) is 4.23. The van der Waals surface area contributed by atoms with Gasteiger partial charge in [-0.05, 0) is 0 Å². The van der Waals surface area contributed by atoms with Crippen molar-refractivity contribution in [3.8, 4) is 0 Å². The summed E-state index contributed by atoms with van der Waals surface area (Å²) in [5, 5.41) is 17.0. The van der Waals surface area contributed by atoms with E-state index >= 15 is 0 Å². The Bertz CT molecular complexity index is 211. The van der Waals surface area contributed by atoms with Crippen molar-refractivity contribution in [2.75, 3.05) is 19.0 Å². The third-order valence-corrected chi connectivity index (χ3v) is 1.88. The second-order valence-electron chi connectivity index (χ2n) is 2.22. The fourth-order valence-electron chi connectivity index (χ4n) is 0.456. The molecule has 0 fully saturated rings. The molecule has 0 saturated carbocycles. The predicted molar refractivity (Wildman–Crippen MR) is 32.6 cm³/mol. The fourth-order valence-corrected chi connectivity index (χ4v) is 1.28. The molecule has 1 atom stereocenters. The second-order valence-corrected chi connectivity index (χ2v) is 3.62. The van der Waals surface area contributed by atoms with Crippen LogP contribution in [0.5, 0.6) is 0 Å². The van der Waals surface area contributed by atoms with Gasteiger partial charge in [0.1, 0.15) is 12.3 Å². The van der Waals surface area contributed by atoms with Crippen molar-refractivity contribution in [1.82, 2.24) is 0 Å². The Hall–Kier alpha value is 0.760. The van der Waals surface area contributed by atoms with Gasteiger partial charge in [0.05, 0.1) is 22.5 Å². The number of halogens is 1. The van der Waals surface area contributed by atoms with E-state index in [-0.39, 0.29) is 29.6 Å². The molecule has 0 aliphatic heterocycles. The molecule has 0 aliphatic rings. The fraction of sp³-hybridized carbons (Fsp3) is 1.00. The Morgan fingerprint density at radius 2 is 1.92 bits per heavy atom. The van der Waals surface area contributed by atoms with E-state index in [0.717, 1.165) is 0 Å². The minimum Gasteiger partial charge on any atom is -0.748 e. The summed E-state index contributed by atoms with van der Waals surface area (Å²) in [6.07, 6.45) is 0. The normalized spacial score (nSPS) is 16.3. The first-order valence-electron chi connectivity index (χ1n) is 2.66. The molecule has 1 unspecified atom stereocenters. The zero-order chi connectivity index (χ0) is 9.12. The molecule has 0 saturated heterocycles. The summed E-state index contributed by atoms with van der Waals surface area (Å²) in [5.74, 6) is -1.31. The molecule has 12 heavy (non-hydrogen) atoms. The summed E-state index contributed by atoms with van der Waals surface area (Å²) in [5.41, 5.74) is -2.44. The first kappa shape index (κ1) is 15.2. The summed E-state index contributed by atoms with van der Waals surface area (Å²) >= 11 is 0. The average Bonchev–Trinajstić information content (AvgIpc) is 1.84. The summed E-state index contributed by atoms with van der Waals surface area (Å²) in [4.78, 5) is 0. The SMILES string of the molecule is O=S(=O)([O-])CC(O)(CO)CF.[Na+]. The van der Waals surface area contributed by atoms with Crippen LogP contribution in [0.25, 0.3) is 0 Å². The number of rotatable bonds is 4. The molecule has 8 heteroatoms.